The predicted octanol–water partition coefficient (Wildman–Crippen LogP) is 2.67. The number of halogens is 2. The van der Waals surface area contributed by atoms with Crippen molar-refractivity contribution in [3.05, 3.63) is 76.3 Å². The molecule has 2 aromatic carbocycles. The Morgan fingerprint density at radius 1 is 1.11 bits per heavy atom. The molecule has 11 heteroatoms. The number of benzene rings is 2. The van der Waals surface area contributed by atoms with E-state index in [2.05, 4.69) is 20.4 Å². The number of carbonyl (C=O) groups excluding carboxylic acids is 1. The number of anilines is 2. The molecule has 1 amide bonds. The first-order chi connectivity index (χ1) is 16.9. The molecule has 3 heterocycles. The van der Waals surface area contributed by atoms with Crippen LogP contribution in [0.25, 0.3) is 16.6 Å². The van der Waals surface area contributed by atoms with Crippen molar-refractivity contribution in [1.29, 1.82) is 0 Å². The van der Waals surface area contributed by atoms with Crippen LogP contribution in [-0.4, -0.2) is 44.6 Å². The third-order valence-corrected chi connectivity index (χ3v) is 6.00. The summed E-state index contributed by atoms with van der Waals surface area (Å²) in [7, 11) is 0. The summed E-state index contributed by atoms with van der Waals surface area (Å²) in [5, 5.41) is 12.2. The minimum atomic E-state index is -0.969. The summed E-state index contributed by atoms with van der Waals surface area (Å²) in [4.78, 5) is 27.6. The minimum Gasteiger partial charge on any atom is -0.368 e. The van der Waals surface area contributed by atoms with Gasteiger partial charge in [-0.05, 0) is 43.7 Å². The zero-order valence-electron chi connectivity index (χ0n) is 18.9. The van der Waals surface area contributed by atoms with E-state index in [4.69, 9.17) is 5.73 Å². The molecule has 1 aliphatic rings. The second kappa shape index (κ2) is 8.91. The van der Waals surface area contributed by atoms with E-state index in [0.717, 1.165) is 47.8 Å². The maximum atomic E-state index is 14.3. The number of hydrogen-bond donors (Lipinski definition) is 2. The first kappa shape index (κ1) is 22.7. The highest BCUT2D eigenvalue weighted by molar-refractivity contribution is 6.08. The number of fused-ring (bicyclic) bond motifs is 1. The molecular weight excluding hydrogens is 456 g/mol. The number of rotatable bonds is 5. The van der Waals surface area contributed by atoms with E-state index in [-0.39, 0.29) is 11.7 Å². The monoisotopic (exact) mass is 479 g/mol. The molecule has 0 aliphatic carbocycles. The van der Waals surface area contributed by atoms with Crippen LogP contribution in [0, 0.1) is 11.6 Å². The van der Waals surface area contributed by atoms with Crippen LogP contribution < -0.4 is 21.5 Å². The van der Waals surface area contributed by atoms with Crippen LogP contribution in [0.15, 0.2) is 53.5 Å². The molecule has 2 aromatic heterocycles. The van der Waals surface area contributed by atoms with Gasteiger partial charge in [0.2, 0.25) is 0 Å². The quantitative estimate of drug-likeness (QED) is 0.455. The SMILES string of the molecule is CCn1cc2c(N3CC[C@@H](N)C3)c(NC(=O)c3ccc(=O)n(-c4c(F)cccc4F)n3)ccc2n1. The molecule has 0 radical (unpaired) electrons. The van der Waals surface area contributed by atoms with Gasteiger partial charge >= 0.3 is 0 Å². The van der Waals surface area contributed by atoms with E-state index in [0.29, 0.717) is 23.5 Å². The van der Waals surface area contributed by atoms with Crippen molar-refractivity contribution >= 4 is 28.2 Å². The molecule has 9 nitrogen and oxygen atoms in total. The topological polar surface area (TPSA) is 111 Å². The van der Waals surface area contributed by atoms with E-state index in [9.17, 15) is 18.4 Å². The van der Waals surface area contributed by atoms with Gasteiger partial charge in [-0.3, -0.25) is 14.3 Å². The van der Waals surface area contributed by atoms with Gasteiger partial charge < -0.3 is 16.0 Å². The zero-order valence-corrected chi connectivity index (χ0v) is 18.9. The summed E-state index contributed by atoms with van der Waals surface area (Å²) in [6.45, 7) is 4.01. The second-order valence-electron chi connectivity index (χ2n) is 8.37. The third-order valence-electron chi connectivity index (χ3n) is 6.00. The predicted molar refractivity (Wildman–Crippen MR) is 128 cm³/mol. The van der Waals surface area contributed by atoms with Crippen LogP contribution in [0.3, 0.4) is 0 Å². The number of nitrogens with zero attached hydrogens (tertiary/aromatic N) is 5. The summed E-state index contributed by atoms with van der Waals surface area (Å²) in [6, 6.07) is 9.03. The summed E-state index contributed by atoms with van der Waals surface area (Å²) in [5.74, 6) is -2.58. The van der Waals surface area contributed by atoms with Gasteiger partial charge in [-0.2, -0.15) is 14.9 Å². The Kier molecular flexibility index (Phi) is 5.77. The molecular formula is C24H23F2N7O2. The molecule has 1 saturated heterocycles. The van der Waals surface area contributed by atoms with E-state index in [1.54, 1.807) is 12.1 Å². The smallest absolute Gasteiger partial charge is 0.276 e. The highest BCUT2D eigenvalue weighted by Gasteiger charge is 2.26. The molecule has 0 spiro atoms. The Morgan fingerprint density at radius 3 is 2.57 bits per heavy atom. The van der Waals surface area contributed by atoms with Gasteiger partial charge in [-0.15, -0.1) is 0 Å². The van der Waals surface area contributed by atoms with E-state index in [1.807, 2.05) is 17.8 Å². The number of aromatic nitrogens is 4. The Morgan fingerprint density at radius 2 is 1.89 bits per heavy atom. The highest BCUT2D eigenvalue weighted by Crippen LogP contribution is 2.36. The number of nitrogens with two attached hydrogens (primary N) is 1. The lowest BCUT2D eigenvalue weighted by Gasteiger charge is -2.23. The van der Waals surface area contributed by atoms with Crippen molar-refractivity contribution in [2.75, 3.05) is 23.3 Å². The molecule has 0 unspecified atom stereocenters. The minimum absolute atomic E-state index is 0.0101. The molecule has 0 saturated carbocycles. The summed E-state index contributed by atoms with van der Waals surface area (Å²) in [5.41, 5.74) is 6.62. The third kappa shape index (κ3) is 4.14. The largest absolute Gasteiger partial charge is 0.368 e. The van der Waals surface area contributed by atoms with Crippen molar-refractivity contribution in [1.82, 2.24) is 19.6 Å². The second-order valence-corrected chi connectivity index (χ2v) is 8.37. The molecule has 180 valence electrons. The van der Waals surface area contributed by atoms with Crippen molar-refractivity contribution < 1.29 is 13.6 Å². The van der Waals surface area contributed by atoms with Crippen LogP contribution in [-0.2, 0) is 6.54 Å². The number of amides is 1. The molecule has 1 fully saturated rings. The van der Waals surface area contributed by atoms with Crippen LogP contribution in [0.5, 0.6) is 0 Å². The van der Waals surface area contributed by atoms with Gasteiger partial charge in [0.05, 0.1) is 16.9 Å². The Hall–Kier alpha value is -4.12. The first-order valence-electron chi connectivity index (χ1n) is 11.2. The van der Waals surface area contributed by atoms with Crippen molar-refractivity contribution in [2.24, 2.45) is 5.73 Å². The van der Waals surface area contributed by atoms with Gasteiger partial charge in [0, 0.05) is 43.3 Å². The molecule has 5 rings (SSSR count). The molecule has 0 bridgehead atoms. The molecule has 1 atom stereocenters. The van der Waals surface area contributed by atoms with Crippen LogP contribution in [0.2, 0.25) is 0 Å². The fourth-order valence-corrected chi connectivity index (χ4v) is 4.29. The van der Waals surface area contributed by atoms with Crippen molar-refractivity contribution in [2.45, 2.75) is 25.9 Å². The first-order valence-corrected chi connectivity index (χ1v) is 11.2. The number of carbonyl (C=O) groups is 1. The van der Waals surface area contributed by atoms with Gasteiger partial charge in [-0.25, -0.2) is 8.78 Å². The lowest BCUT2D eigenvalue weighted by molar-refractivity contribution is 0.102. The molecule has 3 N–H and O–H groups in total. The van der Waals surface area contributed by atoms with Crippen molar-refractivity contribution in [3.8, 4) is 5.69 Å². The maximum Gasteiger partial charge on any atom is 0.276 e. The fraction of sp³-hybridized carbons (Fsp3) is 0.250. The maximum absolute atomic E-state index is 14.3. The summed E-state index contributed by atoms with van der Waals surface area (Å²) >= 11 is 0. The zero-order chi connectivity index (χ0) is 24.7. The van der Waals surface area contributed by atoms with Crippen molar-refractivity contribution in [3.63, 3.8) is 0 Å². The van der Waals surface area contributed by atoms with Gasteiger partial charge in [0.15, 0.2) is 11.6 Å². The number of hydrogen-bond acceptors (Lipinski definition) is 6. The number of aryl methyl sites for hydroxylation is 1. The van der Waals surface area contributed by atoms with Crippen LogP contribution in [0.4, 0.5) is 20.2 Å². The Labute approximate surface area is 198 Å². The normalized spacial score (nSPS) is 15.7. The average Bonchev–Trinajstić information content (AvgIpc) is 3.45. The fourth-order valence-electron chi connectivity index (χ4n) is 4.29. The van der Waals surface area contributed by atoms with E-state index >= 15 is 0 Å². The highest BCUT2D eigenvalue weighted by atomic mass is 19.1. The summed E-state index contributed by atoms with van der Waals surface area (Å²) in [6.07, 6.45) is 2.73. The van der Waals surface area contributed by atoms with E-state index in [1.165, 1.54) is 12.1 Å². The number of para-hydroxylation sites is 1. The standard InChI is InChI=1S/C24H23F2N7O2/c1-2-32-13-15-18(29-32)6-7-19(22(15)31-11-10-14(27)12-31)28-24(35)20-8-9-21(34)33(30-20)23-16(25)4-3-5-17(23)26/h3-9,13-14H,2,10-12,27H2,1H3,(H,28,35)/t14-/m1/s1. The summed E-state index contributed by atoms with van der Waals surface area (Å²) < 4.78 is 30.9. The lowest BCUT2D eigenvalue weighted by atomic mass is 10.1. The van der Waals surface area contributed by atoms with E-state index < -0.39 is 28.8 Å². The van der Waals surface area contributed by atoms with Gasteiger partial charge in [0.1, 0.15) is 11.4 Å². The average molecular weight is 479 g/mol. The Bertz CT molecular complexity index is 1480. The van der Waals surface area contributed by atoms with Crippen LogP contribution in [0.1, 0.15) is 23.8 Å². The lowest BCUT2D eigenvalue weighted by Crippen LogP contribution is -2.28. The molecule has 35 heavy (non-hydrogen) atoms. The molecule has 4 aromatic rings. The Balaban J connectivity index is 1.55. The van der Waals surface area contributed by atoms with Gasteiger partial charge in [-0.1, -0.05) is 6.07 Å². The van der Waals surface area contributed by atoms with Gasteiger partial charge in [0.25, 0.3) is 11.5 Å². The number of nitrogens with one attached hydrogen (secondary N) is 1. The van der Waals surface area contributed by atoms with Crippen LogP contribution >= 0.6 is 0 Å². The molecule has 1 aliphatic heterocycles.